The summed E-state index contributed by atoms with van der Waals surface area (Å²) in [5.74, 6) is 4.42. The Bertz CT molecular complexity index is 105. The van der Waals surface area contributed by atoms with E-state index in [1.165, 1.54) is 12.3 Å². The van der Waals surface area contributed by atoms with Crippen LogP contribution in [0.5, 0.6) is 0 Å². The van der Waals surface area contributed by atoms with Gasteiger partial charge in [-0.25, -0.2) is 0 Å². The van der Waals surface area contributed by atoms with Crippen molar-refractivity contribution in [3.63, 3.8) is 0 Å². The quantitative estimate of drug-likeness (QED) is 0.449. The van der Waals surface area contributed by atoms with Gasteiger partial charge in [0.25, 0.3) is 0 Å². The zero-order chi connectivity index (χ0) is 5.72. The molecular formula is C8H14. The Morgan fingerprint density at radius 2 is 1.88 bits per heavy atom. The standard InChI is InChI=1S/C8H14/c1-5-3-7-4-8(7)6(5)2/h5-8H,3-4H2,1-2H3/t5-,6+,7+,8+/m1/s1. The van der Waals surface area contributed by atoms with Gasteiger partial charge in [0.1, 0.15) is 0 Å². The molecule has 0 N–H and O–H groups in total. The van der Waals surface area contributed by atoms with Gasteiger partial charge >= 0.3 is 0 Å². The second-order valence-electron chi connectivity index (χ2n) is 3.73. The predicted molar refractivity (Wildman–Crippen MR) is 34.5 cm³/mol. The highest BCUT2D eigenvalue weighted by molar-refractivity contribution is 4.98. The van der Waals surface area contributed by atoms with Crippen LogP contribution >= 0.6 is 0 Å². The van der Waals surface area contributed by atoms with Gasteiger partial charge in [0, 0.05) is 0 Å². The highest BCUT2D eigenvalue weighted by atomic mass is 14.5. The molecule has 0 saturated heterocycles. The van der Waals surface area contributed by atoms with E-state index in [1.807, 2.05) is 0 Å². The molecule has 2 saturated carbocycles. The Kier molecular flexibility index (Phi) is 0.778. The fourth-order valence-electron chi connectivity index (χ4n) is 2.30. The largest absolute Gasteiger partial charge is 0.0622 e. The van der Waals surface area contributed by atoms with Crippen molar-refractivity contribution in [1.29, 1.82) is 0 Å². The lowest BCUT2D eigenvalue weighted by Crippen LogP contribution is -2.02. The smallest absolute Gasteiger partial charge is 0.0355 e. The molecule has 0 nitrogen and oxygen atoms in total. The van der Waals surface area contributed by atoms with E-state index in [-0.39, 0.29) is 0 Å². The van der Waals surface area contributed by atoms with Gasteiger partial charge in [-0.15, -0.1) is 0 Å². The van der Waals surface area contributed by atoms with E-state index in [0.717, 1.165) is 17.8 Å². The van der Waals surface area contributed by atoms with Crippen LogP contribution in [0.2, 0.25) is 0 Å². The van der Waals surface area contributed by atoms with E-state index in [0.29, 0.717) is 0 Å². The molecule has 0 amide bonds. The van der Waals surface area contributed by atoms with Crippen LogP contribution in [-0.4, -0.2) is 0 Å². The molecule has 0 heteroatoms. The van der Waals surface area contributed by atoms with E-state index in [4.69, 9.17) is 0 Å². The maximum atomic E-state index is 2.42. The number of rotatable bonds is 0. The van der Waals surface area contributed by atoms with Gasteiger partial charge in [0.2, 0.25) is 0 Å². The van der Waals surface area contributed by atoms with Gasteiger partial charge in [0.05, 0.1) is 0 Å². The highest BCUT2D eigenvalue weighted by Crippen LogP contribution is 2.57. The van der Waals surface area contributed by atoms with Crippen LogP contribution in [0.1, 0.15) is 26.7 Å². The van der Waals surface area contributed by atoms with Crippen LogP contribution in [0.15, 0.2) is 0 Å². The Morgan fingerprint density at radius 1 is 1.12 bits per heavy atom. The molecule has 0 aliphatic heterocycles. The molecule has 0 unspecified atom stereocenters. The Labute approximate surface area is 51.3 Å². The summed E-state index contributed by atoms with van der Waals surface area (Å²) in [6.07, 6.45) is 3.09. The SMILES string of the molecule is C[C@@H]1[C@@H]2C[C@@H]2C[C@H]1C. The fraction of sp³-hybridized carbons (Fsp3) is 1.00. The molecule has 0 heterocycles. The van der Waals surface area contributed by atoms with Crippen LogP contribution in [-0.2, 0) is 0 Å². The van der Waals surface area contributed by atoms with Crippen molar-refractivity contribution < 1.29 is 0 Å². The summed E-state index contributed by atoms with van der Waals surface area (Å²) < 4.78 is 0. The van der Waals surface area contributed by atoms with Crippen molar-refractivity contribution in [2.24, 2.45) is 23.7 Å². The van der Waals surface area contributed by atoms with E-state index >= 15 is 0 Å². The molecule has 8 heavy (non-hydrogen) atoms. The first-order valence-corrected chi connectivity index (χ1v) is 3.79. The minimum Gasteiger partial charge on any atom is -0.0622 e. The molecule has 2 aliphatic rings. The third-order valence-corrected chi connectivity index (χ3v) is 3.22. The molecule has 0 radical (unpaired) electrons. The molecule has 0 aromatic carbocycles. The summed E-state index contributed by atoms with van der Waals surface area (Å²) in [4.78, 5) is 0. The van der Waals surface area contributed by atoms with Gasteiger partial charge in [-0.2, -0.15) is 0 Å². The fourth-order valence-corrected chi connectivity index (χ4v) is 2.30. The number of fused-ring (bicyclic) bond motifs is 1. The molecule has 0 aromatic heterocycles. The number of hydrogen-bond donors (Lipinski definition) is 0. The van der Waals surface area contributed by atoms with Crippen molar-refractivity contribution in [2.75, 3.05) is 0 Å². The molecule has 46 valence electrons. The first kappa shape index (κ1) is 4.84. The summed E-state index contributed by atoms with van der Waals surface area (Å²) in [5.41, 5.74) is 0. The zero-order valence-electron chi connectivity index (χ0n) is 5.72. The highest BCUT2D eigenvalue weighted by Gasteiger charge is 2.49. The molecule has 2 aliphatic carbocycles. The maximum Gasteiger partial charge on any atom is -0.0355 e. The molecule has 0 spiro atoms. The van der Waals surface area contributed by atoms with Gasteiger partial charge < -0.3 is 0 Å². The molecule has 0 bridgehead atoms. The molecule has 2 fully saturated rings. The Balaban J connectivity index is 2.08. The summed E-state index contributed by atoms with van der Waals surface area (Å²) in [6, 6.07) is 0. The van der Waals surface area contributed by atoms with Crippen molar-refractivity contribution in [1.82, 2.24) is 0 Å². The van der Waals surface area contributed by atoms with E-state index in [2.05, 4.69) is 13.8 Å². The second-order valence-corrected chi connectivity index (χ2v) is 3.73. The summed E-state index contributed by atoms with van der Waals surface area (Å²) >= 11 is 0. The maximum absolute atomic E-state index is 2.42. The monoisotopic (exact) mass is 110 g/mol. The minimum atomic E-state index is 1.04. The van der Waals surface area contributed by atoms with Crippen molar-refractivity contribution in [3.05, 3.63) is 0 Å². The predicted octanol–water partition coefficient (Wildman–Crippen LogP) is 2.30. The Morgan fingerprint density at radius 3 is 2.12 bits per heavy atom. The van der Waals surface area contributed by atoms with E-state index in [9.17, 15) is 0 Å². The molecule has 2 rings (SSSR count). The van der Waals surface area contributed by atoms with Gasteiger partial charge in [-0.1, -0.05) is 13.8 Å². The molecular weight excluding hydrogens is 96.1 g/mol. The summed E-state index contributed by atoms with van der Waals surface area (Å²) in [5, 5.41) is 0. The first-order chi connectivity index (χ1) is 3.79. The van der Waals surface area contributed by atoms with Crippen molar-refractivity contribution in [3.8, 4) is 0 Å². The van der Waals surface area contributed by atoms with Crippen LogP contribution in [0.3, 0.4) is 0 Å². The molecule has 4 atom stereocenters. The summed E-state index contributed by atoms with van der Waals surface area (Å²) in [7, 11) is 0. The van der Waals surface area contributed by atoms with Crippen LogP contribution in [0.4, 0.5) is 0 Å². The van der Waals surface area contributed by atoms with Crippen molar-refractivity contribution in [2.45, 2.75) is 26.7 Å². The number of hydrogen-bond acceptors (Lipinski definition) is 0. The first-order valence-electron chi connectivity index (χ1n) is 3.79. The molecule has 0 aromatic rings. The lowest BCUT2D eigenvalue weighted by molar-refractivity contribution is 0.394. The van der Waals surface area contributed by atoms with Gasteiger partial charge in [-0.05, 0) is 36.5 Å². The summed E-state index contributed by atoms with van der Waals surface area (Å²) in [6.45, 7) is 4.82. The van der Waals surface area contributed by atoms with Crippen LogP contribution in [0, 0.1) is 23.7 Å². The average Bonchev–Trinajstić information content (AvgIpc) is 2.39. The Hall–Kier alpha value is 0. The van der Waals surface area contributed by atoms with E-state index < -0.39 is 0 Å². The zero-order valence-corrected chi connectivity index (χ0v) is 5.72. The second kappa shape index (κ2) is 1.29. The minimum absolute atomic E-state index is 1.04. The topological polar surface area (TPSA) is 0 Å². The van der Waals surface area contributed by atoms with Gasteiger partial charge in [-0.3, -0.25) is 0 Å². The van der Waals surface area contributed by atoms with Gasteiger partial charge in [0.15, 0.2) is 0 Å². The van der Waals surface area contributed by atoms with Crippen LogP contribution < -0.4 is 0 Å². The third kappa shape index (κ3) is 0.463. The lowest BCUT2D eigenvalue weighted by atomic mass is 9.95. The third-order valence-electron chi connectivity index (χ3n) is 3.22. The van der Waals surface area contributed by atoms with Crippen LogP contribution in [0.25, 0.3) is 0 Å². The lowest BCUT2D eigenvalue weighted by Gasteiger charge is -2.10. The average molecular weight is 110 g/mol. The van der Waals surface area contributed by atoms with E-state index in [1.54, 1.807) is 6.42 Å². The van der Waals surface area contributed by atoms with Crippen molar-refractivity contribution >= 4 is 0 Å². The normalized spacial score (nSPS) is 60.8.